The molecule has 3 rings (SSSR count). The van der Waals surface area contributed by atoms with Crippen molar-refractivity contribution in [2.75, 3.05) is 25.1 Å². The number of amides is 1. The van der Waals surface area contributed by atoms with Crippen LogP contribution in [0, 0.1) is 0 Å². The molecule has 0 spiro atoms. The standard InChI is InChI=1S/C23H25NO5/c1-3-5-12-28-21-10-7-16(13-22(21)27-4-2)6-9-19(25)17-8-11-20-18(14-17)24-23(26)15-29-20/h6-11,13-14H,3-5,12,15H2,1-2H3,(H,24,26)/b9-6+. The Bertz CT molecular complexity index is 919. The smallest absolute Gasteiger partial charge is 0.262 e. The van der Waals surface area contributed by atoms with E-state index in [9.17, 15) is 9.59 Å². The summed E-state index contributed by atoms with van der Waals surface area (Å²) in [5.41, 5.74) is 1.81. The van der Waals surface area contributed by atoms with Gasteiger partial charge in [-0.2, -0.15) is 0 Å². The van der Waals surface area contributed by atoms with Gasteiger partial charge in [-0.05, 0) is 55.3 Å². The highest BCUT2D eigenvalue weighted by molar-refractivity contribution is 6.08. The number of anilines is 1. The normalized spacial score (nSPS) is 12.8. The average Bonchev–Trinajstić information content (AvgIpc) is 2.73. The Kier molecular flexibility index (Phi) is 6.89. The van der Waals surface area contributed by atoms with Gasteiger partial charge in [0.05, 0.1) is 18.9 Å². The van der Waals surface area contributed by atoms with Crippen molar-refractivity contribution in [2.45, 2.75) is 26.7 Å². The fourth-order valence-electron chi connectivity index (χ4n) is 2.85. The van der Waals surface area contributed by atoms with Crippen molar-refractivity contribution >= 4 is 23.5 Å². The highest BCUT2D eigenvalue weighted by Gasteiger charge is 2.17. The molecule has 2 aromatic rings. The number of carbonyl (C=O) groups excluding carboxylic acids is 2. The van der Waals surface area contributed by atoms with E-state index >= 15 is 0 Å². The number of hydrogen-bond acceptors (Lipinski definition) is 5. The zero-order valence-corrected chi connectivity index (χ0v) is 16.7. The molecular formula is C23H25NO5. The molecule has 1 heterocycles. The molecule has 2 aromatic carbocycles. The van der Waals surface area contributed by atoms with Crippen LogP contribution in [0.4, 0.5) is 5.69 Å². The molecule has 1 aliphatic rings. The number of unbranched alkanes of at least 4 members (excludes halogenated alkanes) is 1. The first kappa shape index (κ1) is 20.5. The molecule has 0 aromatic heterocycles. The lowest BCUT2D eigenvalue weighted by Gasteiger charge is -2.18. The number of ether oxygens (including phenoxy) is 3. The lowest BCUT2D eigenvalue weighted by Crippen LogP contribution is -2.25. The molecule has 0 fully saturated rings. The van der Waals surface area contributed by atoms with Crippen LogP contribution in [0.3, 0.4) is 0 Å². The summed E-state index contributed by atoms with van der Waals surface area (Å²) < 4.78 is 16.8. The van der Waals surface area contributed by atoms with Crippen LogP contribution in [0.15, 0.2) is 42.5 Å². The topological polar surface area (TPSA) is 73.9 Å². The van der Waals surface area contributed by atoms with E-state index in [2.05, 4.69) is 12.2 Å². The lowest BCUT2D eigenvalue weighted by atomic mass is 10.1. The number of ketones is 1. The van der Waals surface area contributed by atoms with Gasteiger partial charge in [0.1, 0.15) is 5.75 Å². The van der Waals surface area contributed by atoms with E-state index < -0.39 is 0 Å². The Morgan fingerprint density at radius 1 is 1.14 bits per heavy atom. The molecule has 0 atom stereocenters. The average molecular weight is 395 g/mol. The van der Waals surface area contributed by atoms with Gasteiger partial charge in [0, 0.05) is 5.56 Å². The van der Waals surface area contributed by atoms with Crippen LogP contribution < -0.4 is 19.5 Å². The minimum atomic E-state index is -0.234. The Hall–Kier alpha value is -3.28. The monoisotopic (exact) mass is 395 g/mol. The summed E-state index contributed by atoms with van der Waals surface area (Å²) in [6.45, 7) is 5.18. The molecule has 6 heteroatoms. The number of carbonyl (C=O) groups is 2. The van der Waals surface area contributed by atoms with Crippen LogP contribution in [0.25, 0.3) is 6.08 Å². The Morgan fingerprint density at radius 3 is 2.79 bits per heavy atom. The second-order valence-electron chi connectivity index (χ2n) is 6.59. The molecular weight excluding hydrogens is 370 g/mol. The van der Waals surface area contributed by atoms with Crippen molar-refractivity contribution in [3.05, 3.63) is 53.6 Å². The maximum atomic E-state index is 12.5. The first-order chi connectivity index (χ1) is 14.1. The molecule has 0 saturated carbocycles. The van der Waals surface area contributed by atoms with Crippen LogP contribution in [0.5, 0.6) is 17.2 Å². The van der Waals surface area contributed by atoms with Gasteiger partial charge in [-0.25, -0.2) is 0 Å². The number of hydrogen-bond donors (Lipinski definition) is 1. The van der Waals surface area contributed by atoms with Crippen molar-refractivity contribution < 1.29 is 23.8 Å². The maximum Gasteiger partial charge on any atom is 0.262 e. The lowest BCUT2D eigenvalue weighted by molar-refractivity contribution is -0.118. The Balaban J connectivity index is 1.73. The predicted molar refractivity (Wildman–Crippen MR) is 112 cm³/mol. The van der Waals surface area contributed by atoms with E-state index in [1.165, 1.54) is 6.08 Å². The number of fused-ring (bicyclic) bond motifs is 1. The summed E-state index contributed by atoms with van der Waals surface area (Å²) in [6.07, 6.45) is 5.27. The van der Waals surface area contributed by atoms with Gasteiger partial charge in [-0.3, -0.25) is 9.59 Å². The largest absolute Gasteiger partial charge is 0.490 e. The highest BCUT2D eigenvalue weighted by Crippen LogP contribution is 2.30. The van der Waals surface area contributed by atoms with E-state index in [0.29, 0.717) is 41.7 Å². The van der Waals surface area contributed by atoms with Crippen LogP contribution in [-0.4, -0.2) is 31.5 Å². The Morgan fingerprint density at radius 2 is 2.00 bits per heavy atom. The van der Waals surface area contributed by atoms with Crippen LogP contribution >= 0.6 is 0 Å². The van der Waals surface area contributed by atoms with E-state index in [1.807, 2.05) is 25.1 Å². The predicted octanol–water partition coefficient (Wildman–Crippen LogP) is 4.49. The van der Waals surface area contributed by atoms with Gasteiger partial charge in [0.25, 0.3) is 5.91 Å². The van der Waals surface area contributed by atoms with Gasteiger partial charge in [-0.15, -0.1) is 0 Å². The van der Waals surface area contributed by atoms with Gasteiger partial charge < -0.3 is 19.5 Å². The third-order valence-electron chi connectivity index (χ3n) is 4.35. The second kappa shape index (κ2) is 9.78. The third kappa shape index (κ3) is 5.38. The zero-order chi connectivity index (χ0) is 20.6. The summed E-state index contributed by atoms with van der Waals surface area (Å²) in [4.78, 5) is 24.0. The van der Waals surface area contributed by atoms with E-state index in [1.54, 1.807) is 24.3 Å². The highest BCUT2D eigenvalue weighted by atomic mass is 16.5. The second-order valence-corrected chi connectivity index (χ2v) is 6.59. The van der Waals surface area contributed by atoms with Crippen LogP contribution in [-0.2, 0) is 4.79 Å². The summed E-state index contributed by atoms with van der Waals surface area (Å²) >= 11 is 0. The number of allylic oxidation sites excluding steroid dienone is 1. The zero-order valence-electron chi connectivity index (χ0n) is 16.7. The van der Waals surface area contributed by atoms with E-state index in [-0.39, 0.29) is 18.3 Å². The van der Waals surface area contributed by atoms with E-state index in [4.69, 9.17) is 14.2 Å². The molecule has 1 aliphatic heterocycles. The molecule has 1 N–H and O–H groups in total. The fraction of sp³-hybridized carbons (Fsp3) is 0.304. The van der Waals surface area contributed by atoms with Crippen LogP contribution in [0.2, 0.25) is 0 Å². The third-order valence-corrected chi connectivity index (χ3v) is 4.35. The summed E-state index contributed by atoms with van der Waals surface area (Å²) in [6, 6.07) is 10.6. The van der Waals surface area contributed by atoms with E-state index in [0.717, 1.165) is 18.4 Å². The number of nitrogens with one attached hydrogen (secondary N) is 1. The first-order valence-corrected chi connectivity index (χ1v) is 9.79. The van der Waals surface area contributed by atoms with Crippen LogP contribution in [0.1, 0.15) is 42.6 Å². The van der Waals surface area contributed by atoms with Crippen molar-refractivity contribution in [1.82, 2.24) is 0 Å². The molecule has 0 bridgehead atoms. The molecule has 29 heavy (non-hydrogen) atoms. The summed E-state index contributed by atoms with van der Waals surface area (Å²) in [7, 11) is 0. The Labute approximate surface area is 170 Å². The quantitative estimate of drug-likeness (QED) is 0.385. The van der Waals surface area contributed by atoms with Crippen molar-refractivity contribution in [3.8, 4) is 17.2 Å². The van der Waals surface area contributed by atoms with Gasteiger partial charge in [0.2, 0.25) is 0 Å². The summed E-state index contributed by atoms with van der Waals surface area (Å²) in [5.74, 6) is 1.52. The first-order valence-electron chi connectivity index (χ1n) is 9.79. The minimum absolute atomic E-state index is 0.0134. The number of rotatable bonds is 9. The summed E-state index contributed by atoms with van der Waals surface area (Å²) in [5, 5.41) is 2.71. The SMILES string of the molecule is CCCCOc1ccc(/C=C/C(=O)c2ccc3c(c2)NC(=O)CO3)cc1OCC. The molecule has 0 aliphatic carbocycles. The maximum absolute atomic E-state index is 12.5. The molecule has 152 valence electrons. The van der Waals surface area contributed by atoms with Gasteiger partial charge in [-0.1, -0.05) is 25.5 Å². The van der Waals surface area contributed by atoms with Crippen molar-refractivity contribution in [2.24, 2.45) is 0 Å². The van der Waals surface area contributed by atoms with Crippen molar-refractivity contribution in [1.29, 1.82) is 0 Å². The fourth-order valence-corrected chi connectivity index (χ4v) is 2.85. The number of benzene rings is 2. The molecule has 0 unspecified atom stereocenters. The molecule has 6 nitrogen and oxygen atoms in total. The molecule has 1 amide bonds. The van der Waals surface area contributed by atoms with Crippen molar-refractivity contribution in [3.63, 3.8) is 0 Å². The minimum Gasteiger partial charge on any atom is -0.490 e. The van der Waals surface area contributed by atoms with Gasteiger partial charge in [0.15, 0.2) is 23.9 Å². The van der Waals surface area contributed by atoms with Gasteiger partial charge >= 0.3 is 0 Å². The molecule has 0 radical (unpaired) electrons. The molecule has 0 saturated heterocycles.